The monoisotopic (exact) mass is 274 g/mol. The molecule has 1 N–H and O–H groups in total. The Morgan fingerprint density at radius 2 is 1.72 bits per heavy atom. The summed E-state index contributed by atoms with van der Waals surface area (Å²) < 4.78 is 22.6. The van der Waals surface area contributed by atoms with Gasteiger partial charge < -0.3 is 10.2 Å². The summed E-state index contributed by atoms with van der Waals surface area (Å²) in [6.45, 7) is 5.75. The Labute approximate surface area is 111 Å². The second-order valence-electron chi connectivity index (χ2n) is 5.90. The lowest BCUT2D eigenvalue weighted by Gasteiger charge is -2.30. The third-order valence-electron chi connectivity index (χ3n) is 4.31. The quantitative estimate of drug-likeness (QED) is 0.827. The van der Waals surface area contributed by atoms with Gasteiger partial charge in [-0.3, -0.25) is 0 Å². The lowest BCUT2D eigenvalue weighted by Crippen LogP contribution is -2.44. The summed E-state index contributed by atoms with van der Waals surface area (Å²) in [5.41, 5.74) is 0. The first-order chi connectivity index (χ1) is 8.55. The molecule has 0 atom stereocenters. The molecule has 1 aliphatic heterocycles. The minimum absolute atomic E-state index is 0.341. The minimum atomic E-state index is -2.73. The van der Waals surface area contributed by atoms with E-state index in [4.69, 9.17) is 0 Å². The first-order valence-electron chi connectivity index (χ1n) is 7.21. The highest BCUT2D eigenvalue weighted by molar-refractivity contribution is 7.91. The van der Waals surface area contributed by atoms with Crippen LogP contribution in [0.25, 0.3) is 0 Å². The first kappa shape index (κ1) is 14.3. The van der Waals surface area contributed by atoms with Crippen LogP contribution < -0.4 is 5.32 Å². The van der Waals surface area contributed by atoms with Crippen molar-refractivity contribution in [2.45, 2.75) is 38.6 Å². The van der Waals surface area contributed by atoms with Gasteiger partial charge in [0.2, 0.25) is 0 Å². The van der Waals surface area contributed by atoms with Crippen LogP contribution >= 0.6 is 0 Å². The molecule has 0 unspecified atom stereocenters. The maximum absolute atomic E-state index is 11.3. The summed E-state index contributed by atoms with van der Waals surface area (Å²) in [6.07, 6.45) is 5.30. The van der Waals surface area contributed by atoms with Crippen molar-refractivity contribution in [3.8, 4) is 0 Å². The highest BCUT2D eigenvalue weighted by atomic mass is 32.2. The molecule has 0 bridgehead atoms. The number of nitrogens with zero attached hydrogens (tertiary/aromatic N) is 1. The molecule has 1 aliphatic carbocycles. The molecule has 0 amide bonds. The Balaban J connectivity index is 1.59. The largest absolute Gasteiger partial charge is 0.313 e. The molecular formula is C13H26N2O2S. The Bertz CT molecular complexity index is 334. The predicted octanol–water partition coefficient (Wildman–Crippen LogP) is 0.885. The standard InChI is InChI=1S/C13H26N2O2S/c1-12-2-4-13(5-3-12)14-6-7-15-8-10-18(16,17)11-9-15/h12-14H,2-11H2,1H3. The summed E-state index contributed by atoms with van der Waals surface area (Å²) >= 11 is 0. The molecule has 2 rings (SSSR count). The van der Waals surface area contributed by atoms with Crippen molar-refractivity contribution >= 4 is 9.84 Å². The van der Waals surface area contributed by atoms with E-state index in [1.165, 1.54) is 25.7 Å². The number of sulfone groups is 1. The van der Waals surface area contributed by atoms with E-state index in [9.17, 15) is 8.42 Å². The van der Waals surface area contributed by atoms with Gasteiger partial charge in [-0.2, -0.15) is 0 Å². The maximum atomic E-state index is 11.3. The zero-order chi connectivity index (χ0) is 13.0. The zero-order valence-electron chi connectivity index (χ0n) is 11.4. The van der Waals surface area contributed by atoms with E-state index in [-0.39, 0.29) is 0 Å². The molecule has 2 aliphatic rings. The fraction of sp³-hybridized carbons (Fsp3) is 1.00. The molecule has 0 aromatic rings. The van der Waals surface area contributed by atoms with Crippen molar-refractivity contribution in [2.75, 3.05) is 37.7 Å². The van der Waals surface area contributed by atoms with Crippen LogP contribution in [0.1, 0.15) is 32.6 Å². The van der Waals surface area contributed by atoms with E-state index in [0.29, 0.717) is 30.6 Å². The number of hydrogen-bond acceptors (Lipinski definition) is 4. The zero-order valence-corrected chi connectivity index (χ0v) is 12.2. The molecule has 18 heavy (non-hydrogen) atoms. The number of hydrogen-bond donors (Lipinski definition) is 1. The van der Waals surface area contributed by atoms with Crippen molar-refractivity contribution in [1.29, 1.82) is 0 Å². The van der Waals surface area contributed by atoms with Gasteiger partial charge in [-0.1, -0.05) is 6.92 Å². The average Bonchev–Trinajstić information content (AvgIpc) is 2.34. The lowest BCUT2D eigenvalue weighted by molar-refractivity contribution is 0.266. The molecule has 0 spiro atoms. The van der Waals surface area contributed by atoms with E-state index in [0.717, 1.165) is 19.0 Å². The van der Waals surface area contributed by atoms with Crippen LogP contribution in [0.4, 0.5) is 0 Å². The molecule has 0 radical (unpaired) electrons. The van der Waals surface area contributed by atoms with Crippen LogP contribution in [-0.4, -0.2) is 57.0 Å². The molecule has 106 valence electrons. The van der Waals surface area contributed by atoms with Gasteiger partial charge in [-0.25, -0.2) is 8.42 Å². The third kappa shape index (κ3) is 4.52. The molecule has 0 aromatic heterocycles. The predicted molar refractivity (Wildman–Crippen MR) is 74.5 cm³/mol. The van der Waals surface area contributed by atoms with Gasteiger partial charge in [0.1, 0.15) is 0 Å². The summed E-state index contributed by atoms with van der Waals surface area (Å²) in [5, 5.41) is 3.62. The van der Waals surface area contributed by atoms with E-state index in [2.05, 4.69) is 17.1 Å². The second kappa shape index (κ2) is 6.35. The average molecular weight is 274 g/mol. The number of rotatable bonds is 4. The van der Waals surface area contributed by atoms with Crippen LogP contribution in [0.5, 0.6) is 0 Å². The lowest BCUT2D eigenvalue weighted by atomic mass is 9.87. The highest BCUT2D eigenvalue weighted by Gasteiger charge is 2.22. The fourth-order valence-corrected chi connectivity index (χ4v) is 4.14. The van der Waals surface area contributed by atoms with Crippen molar-refractivity contribution in [3.63, 3.8) is 0 Å². The van der Waals surface area contributed by atoms with Crippen LogP contribution in [0.3, 0.4) is 0 Å². The molecule has 4 nitrogen and oxygen atoms in total. The fourth-order valence-electron chi connectivity index (χ4n) is 2.86. The van der Waals surface area contributed by atoms with Crippen molar-refractivity contribution < 1.29 is 8.42 Å². The van der Waals surface area contributed by atoms with Gasteiger partial charge in [0, 0.05) is 32.2 Å². The van der Waals surface area contributed by atoms with E-state index < -0.39 is 9.84 Å². The van der Waals surface area contributed by atoms with Gasteiger partial charge in [0.05, 0.1) is 11.5 Å². The first-order valence-corrected chi connectivity index (χ1v) is 9.03. The van der Waals surface area contributed by atoms with E-state index in [1.807, 2.05) is 0 Å². The topological polar surface area (TPSA) is 49.4 Å². The normalized spacial score (nSPS) is 33.4. The SMILES string of the molecule is CC1CCC(NCCN2CCS(=O)(=O)CC2)CC1. The van der Waals surface area contributed by atoms with Crippen LogP contribution in [0, 0.1) is 5.92 Å². The van der Waals surface area contributed by atoms with E-state index in [1.54, 1.807) is 0 Å². The van der Waals surface area contributed by atoms with Gasteiger partial charge in [-0.05, 0) is 31.6 Å². The van der Waals surface area contributed by atoms with Gasteiger partial charge >= 0.3 is 0 Å². The Kier molecular flexibility index (Phi) is 5.04. The van der Waals surface area contributed by atoms with Gasteiger partial charge in [-0.15, -0.1) is 0 Å². The summed E-state index contributed by atoms with van der Waals surface area (Å²) in [7, 11) is -2.73. The molecule has 1 heterocycles. The van der Waals surface area contributed by atoms with Gasteiger partial charge in [0.25, 0.3) is 0 Å². The molecule has 1 saturated heterocycles. The second-order valence-corrected chi connectivity index (χ2v) is 8.21. The minimum Gasteiger partial charge on any atom is -0.313 e. The van der Waals surface area contributed by atoms with Gasteiger partial charge in [0.15, 0.2) is 9.84 Å². The third-order valence-corrected chi connectivity index (χ3v) is 5.92. The molecule has 5 heteroatoms. The maximum Gasteiger partial charge on any atom is 0.152 e. The molecule has 1 saturated carbocycles. The summed E-state index contributed by atoms with van der Waals surface area (Å²) in [6, 6.07) is 0.690. The van der Waals surface area contributed by atoms with Crippen molar-refractivity contribution in [3.05, 3.63) is 0 Å². The van der Waals surface area contributed by atoms with Crippen molar-refractivity contribution in [2.24, 2.45) is 5.92 Å². The van der Waals surface area contributed by atoms with E-state index >= 15 is 0 Å². The summed E-state index contributed by atoms with van der Waals surface area (Å²) in [4.78, 5) is 2.26. The van der Waals surface area contributed by atoms with Crippen LogP contribution in [0.15, 0.2) is 0 Å². The molecular weight excluding hydrogens is 248 g/mol. The van der Waals surface area contributed by atoms with Crippen LogP contribution in [0.2, 0.25) is 0 Å². The number of nitrogens with one attached hydrogen (secondary N) is 1. The molecule has 0 aromatic carbocycles. The Morgan fingerprint density at radius 1 is 1.11 bits per heavy atom. The summed E-state index contributed by atoms with van der Waals surface area (Å²) in [5.74, 6) is 1.58. The van der Waals surface area contributed by atoms with Crippen LogP contribution in [-0.2, 0) is 9.84 Å². The van der Waals surface area contributed by atoms with Crippen molar-refractivity contribution in [1.82, 2.24) is 10.2 Å². The molecule has 2 fully saturated rings. The highest BCUT2D eigenvalue weighted by Crippen LogP contribution is 2.23. The smallest absolute Gasteiger partial charge is 0.152 e. The Morgan fingerprint density at radius 3 is 2.33 bits per heavy atom. The Hall–Kier alpha value is -0.130.